The third kappa shape index (κ3) is 5.59. The van der Waals surface area contributed by atoms with E-state index in [0.717, 1.165) is 41.3 Å². The Morgan fingerprint density at radius 2 is 1.76 bits per heavy atom. The molecule has 0 heterocycles. The Balaban J connectivity index is 3.11. The Kier molecular flexibility index (Phi) is 8.16. The van der Waals surface area contributed by atoms with Gasteiger partial charge in [0, 0.05) is 6.42 Å². The second kappa shape index (κ2) is 9.61. The normalized spacial score (nSPS) is 11.9. The molecule has 1 amide bonds. The minimum absolute atomic E-state index is 0.0317. The molecule has 138 valence electrons. The van der Waals surface area contributed by atoms with Gasteiger partial charge in [-0.05, 0) is 50.8 Å². The van der Waals surface area contributed by atoms with Gasteiger partial charge >= 0.3 is 5.97 Å². The fourth-order valence-electron chi connectivity index (χ4n) is 2.56. The van der Waals surface area contributed by atoms with Crippen LogP contribution < -0.4 is 4.90 Å². The highest BCUT2D eigenvalue weighted by Gasteiger charge is 2.30. The summed E-state index contributed by atoms with van der Waals surface area (Å²) in [5, 5.41) is 9.41. The van der Waals surface area contributed by atoms with Crippen molar-refractivity contribution in [1.29, 1.82) is 0 Å². The molecule has 1 atom stereocenters. The van der Waals surface area contributed by atoms with E-state index in [1.807, 2.05) is 39.8 Å². The van der Waals surface area contributed by atoms with Crippen molar-refractivity contribution in [2.75, 3.05) is 10.7 Å². The SMILES string of the molecule is CCCCC(=O)SCC(=O)N(c1c(C)ccc(C)c1C)[C@@H](C)C(=O)O. The molecule has 0 radical (unpaired) electrons. The van der Waals surface area contributed by atoms with Gasteiger partial charge in [-0.2, -0.15) is 0 Å². The lowest BCUT2D eigenvalue weighted by Gasteiger charge is -2.30. The van der Waals surface area contributed by atoms with Crippen LogP contribution in [0.25, 0.3) is 0 Å². The first-order valence-corrected chi connectivity index (χ1v) is 9.46. The summed E-state index contributed by atoms with van der Waals surface area (Å²) in [6.45, 7) is 9.16. The largest absolute Gasteiger partial charge is 0.480 e. The molecule has 0 fully saturated rings. The van der Waals surface area contributed by atoms with Gasteiger partial charge in [0.15, 0.2) is 5.12 Å². The van der Waals surface area contributed by atoms with Gasteiger partial charge in [-0.3, -0.25) is 14.5 Å². The number of rotatable bonds is 8. The molecule has 0 aliphatic carbocycles. The van der Waals surface area contributed by atoms with Crippen molar-refractivity contribution >= 4 is 34.4 Å². The molecule has 0 bridgehead atoms. The molecule has 25 heavy (non-hydrogen) atoms. The number of hydrogen-bond acceptors (Lipinski definition) is 4. The average molecular weight is 365 g/mol. The number of hydrogen-bond donors (Lipinski definition) is 1. The van der Waals surface area contributed by atoms with Gasteiger partial charge < -0.3 is 5.11 Å². The Bertz CT molecular complexity index is 657. The summed E-state index contributed by atoms with van der Waals surface area (Å²) < 4.78 is 0. The maximum atomic E-state index is 12.8. The van der Waals surface area contributed by atoms with Crippen LogP contribution in [-0.2, 0) is 14.4 Å². The van der Waals surface area contributed by atoms with Gasteiger partial charge in [-0.15, -0.1) is 0 Å². The van der Waals surface area contributed by atoms with Crippen molar-refractivity contribution in [2.24, 2.45) is 0 Å². The van der Waals surface area contributed by atoms with Crippen LogP contribution in [0, 0.1) is 20.8 Å². The van der Waals surface area contributed by atoms with Crippen molar-refractivity contribution < 1.29 is 19.5 Å². The Morgan fingerprint density at radius 1 is 1.16 bits per heavy atom. The van der Waals surface area contributed by atoms with E-state index in [2.05, 4.69) is 0 Å². The number of aliphatic carboxylic acids is 1. The minimum atomic E-state index is -1.07. The second-order valence-corrected chi connectivity index (χ2v) is 7.25. The standard InChI is InChI=1S/C19H27NO4S/c1-6-7-8-17(22)25-11-16(21)20(15(5)19(23)24)18-13(3)10-9-12(2)14(18)4/h9-10,15H,6-8,11H2,1-5H3,(H,23,24)/t15-/m0/s1. The van der Waals surface area contributed by atoms with Crippen LogP contribution in [0.15, 0.2) is 12.1 Å². The van der Waals surface area contributed by atoms with Crippen LogP contribution >= 0.6 is 11.8 Å². The number of carbonyl (C=O) groups is 3. The Morgan fingerprint density at radius 3 is 2.32 bits per heavy atom. The van der Waals surface area contributed by atoms with Gasteiger partial charge in [0.2, 0.25) is 5.91 Å². The summed E-state index contributed by atoms with van der Waals surface area (Å²) in [5.41, 5.74) is 3.33. The number of benzene rings is 1. The van der Waals surface area contributed by atoms with Crippen LogP contribution in [0.4, 0.5) is 5.69 Å². The zero-order valence-electron chi connectivity index (χ0n) is 15.6. The maximum absolute atomic E-state index is 12.8. The molecule has 1 aromatic carbocycles. The van der Waals surface area contributed by atoms with E-state index in [0.29, 0.717) is 12.1 Å². The lowest BCUT2D eigenvalue weighted by atomic mass is 10.0. The lowest BCUT2D eigenvalue weighted by Crippen LogP contribution is -2.45. The monoisotopic (exact) mass is 365 g/mol. The van der Waals surface area contributed by atoms with E-state index in [4.69, 9.17) is 0 Å². The summed E-state index contributed by atoms with van der Waals surface area (Å²) in [6, 6.07) is 2.83. The predicted octanol–water partition coefficient (Wildman–Crippen LogP) is 3.87. The molecule has 1 rings (SSSR count). The Hall–Kier alpha value is -1.82. The van der Waals surface area contributed by atoms with Crippen molar-refractivity contribution in [3.63, 3.8) is 0 Å². The predicted molar refractivity (Wildman–Crippen MR) is 102 cm³/mol. The lowest BCUT2D eigenvalue weighted by molar-refractivity contribution is -0.139. The molecule has 0 aromatic heterocycles. The highest BCUT2D eigenvalue weighted by Crippen LogP contribution is 2.30. The third-order valence-electron chi connectivity index (χ3n) is 4.25. The topological polar surface area (TPSA) is 74.7 Å². The molecule has 0 saturated carbocycles. The van der Waals surface area contributed by atoms with E-state index in [-0.39, 0.29) is 16.8 Å². The summed E-state index contributed by atoms with van der Waals surface area (Å²) in [7, 11) is 0. The fraction of sp³-hybridized carbons (Fsp3) is 0.526. The first kappa shape index (κ1) is 21.2. The van der Waals surface area contributed by atoms with Gasteiger partial charge in [0.05, 0.1) is 11.4 Å². The molecular weight excluding hydrogens is 338 g/mol. The van der Waals surface area contributed by atoms with E-state index < -0.39 is 12.0 Å². The molecular formula is C19H27NO4S. The van der Waals surface area contributed by atoms with Gasteiger partial charge in [-0.1, -0.05) is 37.2 Å². The number of unbranched alkanes of at least 4 members (excludes halogenated alkanes) is 1. The summed E-state index contributed by atoms with van der Waals surface area (Å²) >= 11 is 0.969. The van der Waals surface area contributed by atoms with Crippen molar-refractivity contribution in [2.45, 2.75) is 59.9 Å². The Labute approximate surface area is 153 Å². The van der Waals surface area contributed by atoms with E-state index in [9.17, 15) is 19.5 Å². The van der Waals surface area contributed by atoms with Gasteiger partial charge in [-0.25, -0.2) is 4.79 Å². The van der Waals surface area contributed by atoms with Crippen LogP contribution in [0.1, 0.15) is 49.8 Å². The quantitative estimate of drug-likeness (QED) is 0.757. The van der Waals surface area contributed by atoms with E-state index >= 15 is 0 Å². The van der Waals surface area contributed by atoms with Gasteiger partial charge in [0.25, 0.3) is 0 Å². The minimum Gasteiger partial charge on any atom is -0.480 e. The molecule has 0 aliphatic heterocycles. The van der Waals surface area contributed by atoms with E-state index in [1.54, 1.807) is 0 Å². The first-order valence-electron chi connectivity index (χ1n) is 8.48. The smallest absolute Gasteiger partial charge is 0.326 e. The first-order chi connectivity index (χ1) is 11.7. The zero-order chi connectivity index (χ0) is 19.1. The molecule has 0 aliphatic rings. The molecule has 6 heteroatoms. The molecule has 0 unspecified atom stereocenters. The van der Waals surface area contributed by atoms with Crippen LogP contribution in [0.2, 0.25) is 0 Å². The third-order valence-corrected chi connectivity index (χ3v) is 5.17. The number of anilines is 1. The highest BCUT2D eigenvalue weighted by atomic mass is 32.2. The number of carboxylic acid groups (broad SMARTS) is 1. The fourth-order valence-corrected chi connectivity index (χ4v) is 3.27. The molecule has 0 spiro atoms. The number of carboxylic acids is 1. The number of thioether (sulfide) groups is 1. The zero-order valence-corrected chi connectivity index (χ0v) is 16.4. The maximum Gasteiger partial charge on any atom is 0.326 e. The number of amides is 1. The number of nitrogens with zero attached hydrogens (tertiary/aromatic N) is 1. The van der Waals surface area contributed by atoms with Crippen LogP contribution in [0.3, 0.4) is 0 Å². The number of aryl methyl sites for hydroxylation is 2. The molecule has 5 nitrogen and oxygen atoms in total. The summed E-state index contributed by atoms with van der Waals surface area (Å²) in [5.74, 6) is -1.48. The van der Waals surface area contributed by atoms with Crippen molar-refractivity contribution in [3.8, 4) is 0 Å². The van der Waals surface area contributed by atoms with Gasteiger partial charge in [0.1, 0.15) is 6.04 Å². The van der Waals surface area contributed by atoms with Crippen LogP contribution in [0.5, 0.6) is 0 Å². The summed E-state index contributed by atoms with van der Waals surface area (Å²) in [4.78, 5) is 37.5. The van der Waals surface area contributed by atoms with Crippen LogP contribution in [-0.4, -0.2) is 33.9 Å². The second-order valence-electron chi connectivity index (χ2n) is 6.22. The van der Waals surface area contributed by atoms with Crippen molar-refractivity contribution in [1.82, 2.24) is 0 Å². The van der Waals surface area contributed by atoms with E-state index in [1.165, 1.54) is 11.8 Å². The molecule has 1 aromatic rings. The molecule has 0 saturated heterocycles. The molecule has 1 N–H and O–H groups in total. The number of carbonyl (C=O) groups excluding carboxylic acids is 2. The average Bonchev–Trinajstić information content (AvgIpc) is 2.57. The summed E-state index contributed by atoms with van der Waals surface area (Å²) in [6.07, 6.45) is 2.15. The van der Waals surface area contributed by atoms with Crippen molar-refractivity contribution in [3.05, 3.63) is 28.8 Å². The highest BCUT2D eigenvalue weighted by molar-refractivity contribution is 8.14.